The average molecular weight is 389 g/mol. The van der Waals surface area contributed by atoms with Gasteiger partial charge in [0.05, 0.1) is 35.2 Å². The summed E-state index contributed by atoms with van der Waals surface area (Å²) in [4.78, 5) is 27.1. The van der Waals surface area contributed by atoms with Gasteiger partial charge in [-0.1, -0.05) is 41.7 Å². The fraction of sp³-hybridized carbons (Fsp3) is 0.176. The highest BCUT2D eigenvalue weighted by atomic mass is 32.2. The molecule has 7 nitrogen and oxygen atoms in total. The van der Waals surface area contributed by atoms with Gasteiger partial charge >= 0.3 is 0 Å². The Morgan fingerprint density at radius 1 is 1.38 bits per heavy atom. The van der Waals surface area contributed by atoms with Gasteiger partial charge in [0.25, 0.3) is 5.69 Å². The second kappa shape index (κ2) is 8.24. The second-order valence-corrected chi connectivity index (χ2v) is 7.46. The van der Waals surface area contributed by atoms with Crippen LogP contribution >= 0.6 is 23.5 Å². The van der Waals surface area contributed by atoms with Crippen LogP contribution in [0.3, 0.4) is 0 Å². The summed E-state index contributed by atoms with van der Waals surface area (Å²) in [6.45, 7) is 0. The van der Waals surface area contributed by atoms with Gasteiger partial charge in [0.2, 0.25) is 5.91 Å². The Bertz CT molecular complexity index is 886. The molecule has 0 atom stereocenters. The Morgan fingerprint density at radius 2 is 2.19 bits per heavy atom. The summed E-state index contributed by atoms with van der Waals surface area (Å²) in [5.74, 6) is 1.04. The molecule has 1 aliphatic heterocycles. The number of nitrogens with one attached hydrogen (secondary N) is 1. The first kappa shape index (κ1) is 18.3. The Morgan fingerprint density at radius 3 is 2.96 bits per heavy atom. The number of nitro benzene ring substituents is 1. The number of carbonyl (C=O) groups excluding carboxylic acids is 1. The van der Waals surface area contributed by atoms with Crippen molar-refractivity contribution in [2.45, 2.75) is 5.75 Å². The lowest BCUT2D eigenvalue weighted by Gasteiger charge is -2.14. The molecule has 0 saturated heterocycles. The minimum atomic E-state index is -0.514. The van der Waals surface area contributed by atoms with Crippen molar-refractivity contribution in [3.05, 3.63) is 58.1 Å². The van der Waals surface area contributed by atoms with Gasteiger partial charge in [0, 0.05) is 11.8 Å². The molecule has 0 aliphatic carbocycles. The van der Waals surface area contributed by atoms with Crippen molar-refractivity contribution in [1.29, 1.82) is 0 Å². The van der Waals surface area contributed by atoms with Crippen molar-refractivity contribution in [3.63, 3.8) is 0 Å². The van der Waals surface area contributed by atoms with Crippen molar-refractivity contribution < 1.29 is 14.5 Å². The van der Waals surface area contributed by atoms with E-state index in [1.165, 1.54) is 42.6 Å². The van der Waals surface area contributed by atoms with Gasteiger partial charge in [0.15, 0.2) is 0 Å². The molecular weight excluding hydrogens is 374 g/mol. The van der Waals surface area contributed by atoms with Crippen LogP contribution in [0.25, 0.3) is 0 Å². The topological polar surface area (TPSA) is 93.8 Å². The van der Waals surface area contributed by atoms with E-state index in [0.29, 0.717) is 5.69 Å². The number of aliphatic imine (C=N–C) groups is 1. The minimum Gasteiger partial charge on any atom is -0.494 e. The predicted molar refractivity (Wildman–Crippen MR) is 106 cm³/mol. The SMILES string of the molecule is COc1cc([N+](=O)[O-])ccc1NC(=O)CSC1=Nc2ccccc2CS1. The number of rotatable bonds is 5. The van der Waals surface area contributed by atoms with Gasteiger partial charge in [-0.2, -0.15) is 0 Å². The molecule has 2 aromatic carbocycles. The standard InChI is InChI=1S/C17H15N3O4S2/c1-24-15-8-12(20(22)23)6-7-14(15)18-16(21)10-26-17-19-13-5-3-2-4-11(13)9-25-17/h2-8H,9-10H2,1H3,(H,18,21). The molecule has 0 bridgehead atoms. The lowest BCUT2D eigenvalue weighted by atomic mass is 10.2. The first-order valence-electron chi connectivity index (χ1n) is 7.61. The molecule has 9 heteroatoms. The molecule has 1 heterocycles. The van der Waals surface area contributed by atoms with Crippen LogP contribution in [0.5, 0.6) is 5.75 Å². The summed E-state index contributed by atoms with van der Waals surface area (Å²) in [5, 5.41) is 13.5. The van der Waals surface area contributed by atoms with E-state index in [0.717, 1.165) is 15.8 Å². The van der Waals surface area contributed by atoms with Gasteiger partial charge in [-0.15, -0.1) is 0 Å². The number of ether oxygens (including phenoxy) is 1. The van der Waals surface area contributed by atoms with Gasteiger partial charge < -0.3 is 10.1 Å². The zero-order valence-electron chi connectivity index (χ0n) is 13.8. The van der Waals surface area contributed by atoms with Crippen molar-refractivity contribution in [2.75, 3.05) is 18.2 Å². The molecule has 26 heavy (non-hydrogen) atoms. The zero-order valence-corrected chi connectivity index (χ0v) is 15.4. The maximum atomic E-state index is 12.2. The van der Waals surface area contributed by atoms with Crippen molar-refractivity contribution in [3.8, 4) is 5.75 Å². The van der Waals surface area contributed by atoms with E-state index in [1.54, 1.807) is 11.8 Å². The van der Waals surface area contributed by atoms with Crippen LogP contribution in [0.15, 0.2) is 47.5 Å². The molecule has 3 rings (SSSR count). The van der Waals surface area contributed by atoms with Crippen LogP contribution < -0.4 is 10.1 Å². The molecule has 1 amide bonds. The maximum Gasteiger partial charge on any atom is 0.273 e. The number of nitrogens with zero attached hydrogens (tertiary/aromatic N) is 2. The van der Waals surface area contributed by atoms with E-state index in [2.05, 4.69) is 10.3 Å². The summed E-state index contributed by atoms with van der Waals surface area (Å²) < 4.78 is 5.96. The number of hydrogen-bond donors (Lipinski definition) is 1. The van der Waals surface area contributed by atoms with E-state index in [9.17, 15) is 14.9 Å². The minimum absolute atomic E-state index is 0.0964. The monoisotopic (exact) mass is 389 g/mol. The van der Waals surface area contributed by atoms with Gasteiger partial charge in [-0.3, -0.25) is 14.9 Å². The first-order valence-corrected chi connectivity index (χ1v) is 9.58. The number of benzene rings is 2. The number of non-ortho nitro benzene ring substituents is 1. The Labute approximate surface area is 158 Å². The highest BCUT2D eigenvalue weighted by Gasteiger charge is 2.16. The van der Waals surface area contributed by atoms with E-state index in [1.807, 2.05) is 24.3 Å². The number of carbonyl (C=O) groups is 1. The molecule has 2 aromatic rings. The number of para-hydroxylation sites is 1. The highest BCUT2D eigenvalue weighted by molar-refractivity contribution is 8.38. The van der Waals surface area contributed by atoms with E-state index in [-0.39, 0.29) is 23.1 Å². The number of thioether (sulfide) groups is 2. The number of anilines is 1. The Balaban J connectivity index is 1.62. The molecule has 0 aromatic heterocycles. The van der Waals surface area contributed by atoms with Crippen LogP contribution in [0.1, 0.15) is 5.56 Å². The van der Waals surface area contributed by atoms with Crippen LogP contribution in [0.4, 0.5) is 17.1 Å². The molecule has 0 saturated carbocycles. The smallest absolute Gasteiger partial charge is 0.273 e. The van der Waals surface area contributed by atoms with E-state index >= 15 is 0 Å². The number of hydrogen-bond acceptors (Lipinski definition) is 7. The number of nitro groups is 1. The number of amides is 1. The molecule has 0 radical (unpaired) electrons. The normalized spacial score (nSPS) is 12.7. The summed E-state index contributed by atoms with van der Waals surface area (Å²) >= 11 is 2.96. The van der Waals surface area contributed by atoms with Gasteiger partial charge in [0.1, 0.15) is 10.1 Å². The Hall–Kier alpha value is -2.52. The Kier molecular flexibility index (Phi) is 5.79. The molecule has 0 spiro atoms. The first-order chi connectivity index (χ1) is 12.6. The summed E-state index contributed by atoms with van der Waals surface area (Å²) in [7, 11) is 1.40. The third kappa shape index (κ3) is 4.36. The van der Waals surface area contributed by atoms with Crippen molar-refractivity contribution in [2.24, 2.45) is 4.99 Å². The molecule has 134 valence electrons. The van der Waals surface area contributed by atoms with Crippen molar-refractivity contribution >= 4 is 50.9 Å². The van der Waals surface area contributed by atoms with Crippen LogP contribution in [-0.2, 0) is 10.5 Å². The second-order valence-electron chi connectivity index (χ2n) is 5.27. The highest BCUT2D eigenvalue weighted by Crippen LogP contribution is 2.34. The quantitative estimate of drug-likeness (QED) is 0.608. The molecule has 1 aliphatic rings. The van der Waals surface area contributed by atoms with Gasteiger partial charge in [-0.25, -0.2) is 4.99 Å². The molecule has 0 unspecified atom stereocenters. The van der Waals surface area contributed by atoms with Crippen LogP contribution in [-0.4, -0.2) is 28.1 Å². The summed E-state index contributed by atoms with van der Waals surface area (Å²) in [6.07, 6.45) is 0. The van der Waals surface area contributed by atoms with Crippen LogP contribution in [0.2, 0.25) is 0 Å². The average Bonchev–Trinajstić information content (AvgIpc) is 2.66. The van der Waals surface area contributed by atoms with E-state index < -0.39 is 4.92 Å². The largest absolute Gasteiger partial charge is 0.494 e. The fourth-order valence-corrected chi connectivity index (χ4v) is 4.16. The van der Waals surface area contributed by atoms with Crippen molar-refractivity contribution in [1.82, 2.24) is 0 Å². The zero-order chi connectivity index (χ0) is 18.5. The summed E-state index contributed by atoms with van der Waals surface area (Å²) in [6, 6.07) is 12.0. The van der Waals surface area contributed by atoms with Crippen LogP contribution in [0, 0.1) is 10.1 Å². The maximum absolute atomic E-state index is 12.2. The van der Waals surface area contributed by atoms with Gasteiger partial charge in [-0.05, 0) is 17.7 Å². The predicted octanol–water partition coefficient (Wildman–Crippen LogP) is 4.21. The lowest BCUT2D eigenvalue weighted by Crippen LogP contribution is -2.15. The lowest BCUT2D eigenvalue weighted by molar-refractivity contribution is -0.384. The number of methoxy groups -OCH3 is 1. The third-order valence-corrected chi connectivity index (χ3v) is 5.80. The third-order valence-electron chi connectivity index (χ3n) is 3.55. The number of fused-ring (bicyclic) bond motifs is 1. The fourth-order valence-electron chi connectivity index (χ4n) is 2.30. The molecular formula is C17H15N3O4S2. The molecule has 1 N–H and O–H groups in total. The molecule has 0 fully saturated rings. The summed E-state index contributed by atoms with van der Waals surface area (Å²) in [5.41, 5.74) is 2.42. The van der Waals surface area contributed by atoms with E-state index in [4.69, 9.17) is 4.74 Å².